The van der Waals surface area contributed by atoms with Crippen LogP contribution in [0.15, 0.2) is 41.8 Å². The van der Waals surface area contributed by atoms with Crippen LogP contribution in [0.5, 0.6) is 0 Å². The first-order valence-electron chi connectivity index (χ1n) is 5.32. The van der Waals surface area contributed by atoms with Gasteiger partial charge in [-0.2, -0.15) is 0 Å². The summed E-state index contributed by atoms with van der Waals surface area (Å²) >= 11 is 1.67. The molecule has 1 heterocycles. The quantitative estimate of drug-likeness (QED) is 0.591. The van der Waals surface area contributed by atoms with Gasteiger partial charge in [0.15, 0.2) is 0 Å². The SMILES string of the molecule is C=CC1CC(=O)N(c2ccccc2SC)C1. The second-order valence-electron chi connectivity index (χ2n) is 3.88. The molecule has 84 valence electrons. The second-order valence-corrected chi connectivity index (χ2v) is 4.72. The topological polar surface area (TPSA) is 20.3 Å². The second kappa shape index (κ2) is 4.74. The van der Waals surface area contributed by atoms with Crippen molar-refractivity contribution in [1.82, 2.24) is 0 Å². The van der Waals surface area contributed by atoms with Gasteiger partial charge in [-0.3, -0.25) is 4.79 Å². The number of thioether (sulfide) groups is 1. The van der Waals surface area contributed by atoms with Crippen LogP contribution < -0.4 is 4.90 Å². The molecule has 0 radical (unpaired) electrons. The molecule has 0 aromatic heterocycles. The van der Waals surface area contributed by atoms with Crippen LogP contribution in [-0.4, -0.2) is 18.7 Å². The van der Waals surface area contributed by atoms with E-state index in [1.165, 1.54) is 0 Å². The summed E-state index contributed by atoms with van der Waals surface area (Å²) < 4.78 is 0. The lowest BCUT2D eigenvalue weighted by atomic mass is 10.1. The molecule has 1 aliphatic rings. The lowest BCUT2D eigenvalue weighted by Crippen LogP contribution is -2.24. The van der Waals surface area contributed by atoms with Crippen molar-refractivity contribution in [2.75, 3.05) is 17.7 Å². The summed E-state index contributed by atoms with van der Waals surface area (Å²) in [6.45, 7) is 4.53. The van der Waals surface area contributed by atoms with Crippen LogP contribution in [0.3, 0.4) is 0 Å². The van der Waals surface area contributed by atoms with Crippen LogP contribution in [0, 0.1) is 5.92 Å². The van der Waals surface area contributed by atoms with Crippen molar-refractivity contribution in [2.45, 2.75) is 11.3 Å². The Balaban J connectivity index is 2.30. The van der Waals surface area contributed by atoms with Crippen molar-refractivity contribution in [3.05, 3.63) is 36.9 Å². The standard InChI is InChI=1S/C13H15NOS/c1-3-10-8-13(15)14(9-10)11-6-4-5-7-12(11)16-2/h3-7,10H,1,8-9H2,2H3. The van der Waals surface area contributed by atoms with Gasteiger partial charge in [0.1, 0.15) is 0 Å². The molecule has 0 aliphatic carbocycles. The number of nitrogens with zero attached hydrogens (tertiary/aromatic N) is 1. The molecule has 1 atom stereocenters. The first-order chi connectivity index (χ1) is 7.76. The fourth-order valence-electron chi connectivity index (χ4n) is 1.98. The minimum absolute atomic E-state index is 0.200. The van der Waals surface area contributed by atoms with E-state index in [0.29, 0.717) is 12.3 Å². The van der Waals surface area contributed by atoms with Crippen molar-refractivity contribution < 1.29 is 4.79 Å². The first kappa shape index (κ1) is 11.3. The molecule has 1 saturated heterocycles. The number of hydrogen-bond acceptors (Lipinski definition) is 2. The lowest BCUT2D eigenvalue weighted by Gasteiger charge is -2.19. The molecular formula is C13H15NOS. The summed E-state index contributed by atoms with van der Waals surface area (Å²) in [5, 5.41) is 0. The molecule has 0 spiro atoms. The number of carbonyl (C=O) groups excluding carboxylic acids is 1. The van der Waals surface area contributed by atoms with E-state index in [0.717, 1.165) is 17.1 Å². The van der Waals surface area contributed by atoms with Gasteiger partial charge in [0, 0.05) is 23.8 Å². The van der Waals surface area contributed by atoms with Crippen LogP contribution in [0.1, 0.15) is 6.42 Å². The number of anilines is 1. The zero-order valence-electron chi connectivity index (χ0n) is 9.35. The van der Waals surface area contributed by atoms with Crippen LogP contribution in [0.4, 0.5) is 5.69 Å². The molecule has 0 N–H and O–H groups in total. The van der Waals surface area contributed by atoms with E-state index >= 15 is 0 Å². The highest BCUT2D eigenvalue weighted by Crippen LogP contribution is 2.32. The van der Waals surface area contributed by atoms with Gasteiger partial charge >= 0.3 is 0 Å². The molecule has 1 unspecified atom stereocenters. The smallest absolute Gasteiger partial charge is 0.227 e. The Labute approximate surface area is 100 Å². The Bertz CT molecular complexity index is 416. The van der Waals surface area contributed by atoms with Gasteiger partial charge in [-0.05, 0) is 18.4 Å². The predicted octanol–water partition coefficient (Wildman–Crippen LogP) is 2.95. The van der Waals surface area contributed by atoms with E-state index in [-0.39, 0.29) is 5.91 Å². The van der Waals surface area contributed by atoms with Crippen LogP contribution in [0.2, 0.25) is 0 Å². The number of benzene rings is 1. The first-order valence-corrected chi connectivity index (χ1v) is 6.54. The predicted molar refractivity (Wildman–Crippen MR) is 68.9 cm³/mol. The minimum atomic E-state index is 0.200. The third-order valence-corrected chi connectivity index (χ3v) is 3.65. The molecule has 2 nitrogen and oxygen atoms in total. The molecule has 1 aromatic carbocycles. The van der Waals surface area contributed by atoms with Crippen LogP contribution >= 0.6 is 11.8 Å². The number of hydrogen-bond donors (Lipinski definition) is 0. The normalized spacial score (nSPS) is 20.2. The summed E-state index contributed by atoms with van der Waals surface area (Å²) in [6.07, 6.45) is 4.50. The third kappa shape index (κ3) is 2.00. The molecule has 16 heavy (non-hydrogen) atoms. The summed E-state index contributed by atoms with van der Waals surface area (Å²) in [5.74, 6) is 0.494. The minimum Gasteiger partial charge on any atom is -0.311 e. The summed E-state index contributed by atoms with van der Waals surface area (Å²) in [7, 11) is 0. The van der Waals surface area contributed by atoms with Gasteiger partial charge in [0.05, 0.1) is 5.69 Å². The maximum atomic E-state index is 11.9. The molecule has 2 rings (SSSR count). The van der Waals surface area contributed by atoms with Gasteiger partial charge in [-0.25, -0.2) is 0 Å². The van der Waals surface area contributed by atoms with Gasteiger partial charge in [-0.1, -0.05) is 18.2 Å². The fraction of sp³-hybridized carbons (Fsp3) is 0.308. The molecule has 1 aromatic rings. The average Bonchev–Trinajstić information content (AvgIpc) is 2.70. The van der Waals surface area contributed by atoms with E-state index in [2.05, 4.69) is 12.6 Å². The maximum absolute atomic E-state index is 11.9. The Morgan fingerprint density at radius 3 is 2.88 bits per heavy atom. The van der Waals surface area contributed by atoms with E-state index in [9.17, 15) is 4.79 Å². The van der Waals surface area contributed by atoms with Crippen molar-refractivity contribution >= 4 is 23.4 Å². The zero-order valence-corrected chi connectivity index (χ0v) is 10.2. The summed E-state index contributed by atoms with van der Waals surface area (Å²) in [6, 6.07) is 8.04. The van der Waals surface area contributed by atoms with Gasteiger partial charge in [0.2, 0.25) is 5.91 Å². The summed E-state index contributed by atoms with van der Waals surface area (Å²) in [4.78, 5) is 14.9. The highest BCUT2D eigenvalue weighted by Gasteiger charge is 2.29. The van der Waals surface area contributed by atoms with Crippen LogP contribution in [-0.2, 0) is 4.79 Å². The van der Waals surface area contributed by atoms with Gasteiger partial charge in [0.25, 0.3) is 0 Å². The molecule has 1 fully saturated rings. The molecule has 0 saturated carbocycles. The van der Waals surface area contributed by atoms with Crippen molar-refractivity contribution in [3.63, 3.8) is 0 Å². The van der Waals surface area contributed by atoms with Gasteiger partial charge in [-0.15, -0.1) is 18.3 Å². The Morgan fingerprint density at radius 2 is 2.25 bits per heavy atom. The van der Waals surface area contributed by atoms with E-state index in [1.807, 2.05) is 35.4 Å². The zero-order chi connectivity index (χ0) is 11.5. The number of para-hydroxylation sites is 1. The van der Waals surface area contributed by atoms with Crippen molar-refractivity contribution in [3.8, 4) is 0 Å². The Morgan fingerprint density at radius 1 is 1.50 bits per heavy atom. The molecule has 1 aliphatic heterocycles. The highest BCUT2D eigenvalue weighted by molar-refractivity contribution is 7.98. The largest absolute Gasteiger partial charge is 0.311 e. The van der Waals surface area contributed by atoms with E-state index < -0.39 is 0 Å². The Hall–Kier alpha value is -1.22. The lowest BCUT2D eigenvalue weighted by molar-refractivity contribution is -0.117. The molecular weight excluding hydrogens is 218 g/mol. The number of rotatable bonds is 3. The maximum Gasteiger partial charge on any atom is 0.227 e. The highest BCUT2D eigenvalue weighted by atomic mass is 32.2. The number of amides is 1. The fourth-order valence-corrected chi connectivity index (χ4v) is 2.58. The third-order valence-electron chi connectivity index (χ3n) is 2.86. The van der Waals surface area contributed by atoms with Crippen molar-refractivity contribution in [1.29, 1.82) is 0 Å². The number of carbonyl (C=O) groups is 1. The van der Waals surface area contributed by atoms with Crippen LogP contribution in [0.25, 0.3) is 0 Å². The Kier molecular flexibility index (Phi) is 3.34. The van der Waals surface area contributed by atoms with Gasteiger partial charge < -0.3 is 4.90 Å². The molecule has 0 bridgehead atoms. The van der Waals surface area contributed by atoms with E-state index in [4.69, 9.17) is 0 Å². The summed E-state index contributed by atoms with van der Waals surface area (Å²) in [5.41, 5.74) is 1.03. The molecule has 1 amide bonds. The van der Waals surface area contributed by atoms with Crippen molar-refractivity contribution in [2.24, 2.45) is 5.92 Å². The van der Waals surface area contributed by atoms with E-state index in [1.54, 1.807) is 11.8 Å². The molecule has 3 heteroatoms. The monoisotopic (exact) mass is 233 g/mol. The average molecular weight is 233 g/mol.